The second-order valence-corrected chi connectivity index (χ2v) is 4.50. The van der Waals surface area contributed by atoms with Gasteiger partial charge in [0.15, 0.2) is 6.61 Å². The fourth-order valence-corrected chi connectivity index (χ4v) is 1.77. The van der Waals surface area contributed by atoms with Crippen molar-refractivity contribution in [2.24, 2.45) is 0 Å². The molecule has 110 valence electrons. The van der Waals surface area contributed by atoms with E-state index >= 15 is 0 Å². The molecule has 0 atom stereocenters. The Labute approximate surface area is 122 Å². The highest BCUT2D eigenvalue weighted by Crippen LogP contribution is 2.10. The quantitative estimate of drug-likeness (QED) is 0.855. The van der Waals surface area contributed by atoms with E-state index in [1.807, 2.05) is 24.3 Å². The SMILES string of the molecule is O=C(COc1ccc(F)cc1)NCc1cccc(CO)c1. The summed E-state index contributed by atoms with van der Waals surface area (Å²) in [4.78, 5) is 11.7. The van der Waals surface area contributed by atoms with Crippen LogP contribution in [-0.2, 0) is 17.9 Å². The standard InChI is InChI=1S/C16H16FNO3/c17-14-4-6-15(7-5-14)21-11-16(20)18-9-12-2-1-3-13(8-12)10-19/h1-8,19H,9-11H2,(H,18,20). The highest BCUT2D eigenvalue weighted by molar-refractivity contribution is 5.77. The van der Waals surface area contributed by atoms with E-state index in [0.29, 0.717) is 12.3 Å². The zero-order chi connectivity index (χ0) is 15.1. The number of benzene rings is 2. The maximum atomic E-state index is 12.7. The minimum atomic E-state index is -0.351. The van der Waals surface area contributed by atoms with Gasteiger partial charge >= 0.3 is 0 Å². The molecule has 4 nitrogen and oxygen atoms in total. The van der Waals surface area contributed by atoms with E-state index in [2.05, 4.69) is 5.32 Å². The van der Waals surface area contributed by atoms with Crippen molar-refractivity contribution in [2.45, 2.75) is 13.2 Å². The van der Waals surface area contributed by atoms with Gasteiger partial charge in [-0.2, -0.15) is 0 Å². The number of rotatable bonds is 6. The van der Waals surface area contributed by atoms with Crippen LogP contribution in [0.2, 0.25) is 0 Å². The zero-order valence-corrected chi connectivity index (χ0v) is 11.4. The van der Waals surface area contributed by atoms with Crippen molar-refractivity contribution in [1.29, 1.82) is 0 Å². The Morgan fingerprint density at radius 2 is 1.86 bits per heavy atom. The predicted octanol–water partition coefficient (Wildman–Crippen LogP) is 2.01. The Balaban J connectivity index is 1.78. The molecule has 2 aromatic carbocycles. The van der Waals surface area contributed by atoms with E-state index in [9.17, 15) is 9.18 Å². The van der Waals surface area contributed by atoms with E-state index in [4.69, 9.17) is 9.84 Å². The maximum absolute atomic E-state index is 12.7. The molecule has 0 aliphatic heterocycles. The summed E-state index contributed by atoms with van der Waals surface area (Å²) in [6.07, 6.45) is 0. The van der Waals surface area contributed by atoms with Crippen molar-refractivity contribution in [2.75, 3.05) is 6.61 Å². The van der Waals surface area contributed by atoms with Gasteiger partial charge in [-0.25, -0.2) is 4.39 Å². The molecule has 2 N–H and O–H groups in total. The monoisotopic (exact) mass is 289 g/mol. The van der Waals surface area contributed by atoms with Crippen LogP contribution in [0.3, 0.4) is 0 Å². The van der Waals surface area contributed by atoms with Crippen LogP contribution < -0.4 is 10.1 Å². The number of carbonyl (C=O) groups is 1. The molecule has 0 saturated carbocycles. The first-order valence-corrected chi connectivity index (χ1v) is 6.51. The van der Waals surface area contributed by atoms with Crippen molar-refractivity contribution >= 4 is 5.91 Å². The molecule has 0 saturated heterocycles. The number of nitrogens with one attached hydrogen (secondary N) is 1. The third kappa shape index (κ3) is 4.89. The summed E-state index contributed by atoms with van der Waals surface area (Å²) in [5.41, 5.74) is 1.70. The number of amides is 1. The number of hydrogen-bond donors (Lipinski definition) is 2. The summed E-state index contributed by atoms with van der Waals surface area (Å²) in [5.74, 6) is -0.182. The van der Waals surface area contributed by atoms with Gasteiger partial charge in [-0.15, -0.1) is 0 Å². The third-order valence-electron chi connectivity index (χ3n) is 2.85. The van der Waals surface area contributed by atoms with E-state index < -0.39 is 0 Å². The van der Waals surface area contributed by atoms with Gasteiger partial charge in [0.05, 0.1) is 6.61 Å². The van der Waals surface area contributed by atoms with Gasteiger partial charge in [0.25, 0.3) is 5.91 Å². The normalized spacial score (nSPS) is 10.2. The molecule has 5 heteroatoms. The Morgan fingerprint density at radius 1 is 1.14 bits per heavy atom. The molecule has 0 aliphatic carbocycles. The van der Waals surface area contributed by atoms with Crippen molar-refractivity contribution in [1.82, 2.24) is 5.32 Å². The molecule has 0 radical (unpaired) electrons. The number of carbonyl (C=O) groups excluding carboxylic acids is 1. The van der Waals surface area contributed by atoms with Crippen LogP contribution in [0.1, 0.15) is 11.1 Å². The molecule has 0 heterocycles. The first-order valence-electron chi connectivity index (χ1n) is 6.51. The zero-order valence-electron chi connectivity index (χ0n) is 11.4. The number of ether oxygens (including phenoxy) is 1. The molecule has 0 unspecified atom stereocenters. The highest BCUT2D eigenvalue weighted by atomic mass is 19.1. The first-order chi connectivity index (χ1) is 10.2. The van der Waals surface area contributed by atoms with Gasteiger partial charge in [-0.3, -0.25) is 4.79 Å². The molecular formula is C16H16FNO3. The van der Waals surface area contributed by atoms with Crippen LogP contribution in [0.25, 0.3) is 0 Å². The average molecular weight is 289 g/mol. The summed E-state index contributed by atoms with van der Waals surface area (Å²) < 4.78 is 17.9. The number of aliphatic hydroxyl groups is 1. The summed E-state index contributed by atoms with van der Waals surface area (Å²) >= 11 is 0. The third-order valence-corrected chi connectivity index (χ3v) is 2.85. The summed E-state index contributed by atoms with van der Waals surface area (Å²) in [6, 6.07) is 12.8. The van der Waals surface area contributed by atoms with E-state index in [0.717, 1.165) is 11.1 Å². The fourth-order valence-electron chi connectivity index (χ4n) is 1.77. The molecule has 0 bridgehead atoms. The topological polar surface area (TPSA) is 58.6 Å². The average Bonchev–Trinajstić information content (AvgIpc) is 2.52. The highest BCUT2D eigenvalue weighted by Gasteiger charge is 2.03. The Hall–Kier alpha value is -2.40. The first kappa shape index (κ1) is 15.0. The van der Waals surface area contributed by atoms with Gasteiger partial charge in [-0.05, 0) is 35.4 Å². The maximum Gasteiger partial charge on any atom is 0.258 e. The lowest BCUT2D eigenvalue weighted by Gasteiger charge is -2.08. The Kier molecular flexibility index (Phi) is 5.29. The van der Waals surface area contributed by atoms with E-state index in [1.54, 1.807) is 0 Å². The molecule has 2 rings (SSSR count). The lowest BCUT2D eigenvalue weighted by atomic mass is 10.1. The van der Waals surface area contributed by atoms with Gasteiger partial charge in [0, 0.05) is 6.54 Å². The van der Waals surface area contributed by atoms with Crippen molar-refractivity contribution < 1.29 is 19.0 Å². The molecule has 2 aromatic rings. The summed E-state index contributed by atoms with van der Waals surface area (Å²) in [6.45, 7) is 0.195. The van der Waals surface area contributed by atoms with E-state index in [1.165, 1.54) is 24.3 Å². The molecule has 21 heavy (non-hydrogen) atoms. The minimum absolute atomic E-state index is 0.0323. The fraction of sp³-hybridized carbons (Fsp3) is 0.188. The smallest absolute Gasteiger partial charge is 0.258 e. The molecule has 0 spiro atoms. The van der Waals surface area contributed by atoms with Gasteiger partial charge in [-0.1, -0.05) is 24.3 Å². The van der Waals surface area contributed by atoms with E-state index in [-0.39, 0.29) is 24.9 Å². The lowest BCUT2D eigenvalue weighted by Crippen LogP contribution is -2.28. The van der Waals surface area contributed by atoms with Crippen molar-refractivity contribution in [3.05, 3.63) is 65.5 Å². The second-order valence-electron chi connectivity index (χ2n) is 4.50. The molecule has 0 aliphatic rings. The summed E-state index contributed by atoms with van der Waals surface area (Å²) in [7, 11) is 0. The predicted molar refractivity (Wildman–Crippen MR) is 76.1 cm³/mol. The summed E-state index contributed by atoms with van der Waals surface area (Å²) in [5, 5.41) is 11.7. The number of halogens is 1. The van der Waals surface area contributed by atoms with Crippen LogP contribution in [0, 0.1) is 5.82 Å². The van der Waals surface area contributed by atoms with Gasteiger partial charge in [0.1, 0.15) is 11.6 Å². The molecule has 0 fully saturated rings. The molecule has 1 amide bonds. The molecule has 0 aromatic heterocycles. The van der Waals surface area contributed by atoms with Crippen LogP contribution in [0.15, 0.2) is 48.5 Å². The van der Waals surface area contributed by atoms with Gasteiger partial charge in [0.2, 0.25) is 0 Å². The Bertz CT molecular complexity index is 599. The number of aliphatic hydroxyl groups excluding tert-OH is 1. The second kappa shape index (κ2) is 7.40. The Morgan fingerprint density at radius 3 is 2.57 bits per heavy atom. The van der Waals surface area contributed by atoms with Crippen LogP contribution in [-0.4, -0.2) is 17.6 Å². The van der Waals surface area contributed by atoms with Crippen LogP contribution >= 0.6 is 0 Å². The van der Waals surface area contributed by atoms with Gasteiger partial charge < -0.3 is 15.2 Å². The van der Waals surface area contributed by atoms with Crippen molar-refractivity contribution in [3.8, 4) is 5.75 Å². The number of hydrogen-bond acceptors (Lipinski definition) is 3. The van der Waals surface area contributed by atoms with Crippen LogP contribution in [0.5, 0.6) is 5.75 Å². The minimum Gasteiger partial charge on any atom is -0.484 e. The lowest BCUT2D eigenvalue weighted by molar-refractivity contribution is -0.123. The molecular weight excluding hydrogens is 273 g/mol. The largest absolute Gasteiger partial charge is 0.484 e. The van der Waals surface area contributed by atoms with Crippen molar-refractivity contribution in [3.63, 3.8) is 0 Å². The van der Waals surface area contributed by atoms with Crippen LogP contribution in [0.4, 0.5) is 4.39 Å².